The highest BCUT2D eigenvalue weighted by atomic mass is 16.6. The van der Waals surface area contributed by atoms with E-state index in [4.69, 9.17) is 4.74 Å². The van der Waals surface area contributed by atoms with Crippen LogP contribution < -0.4 is 5.32 Å². The summed E-state index contributed by atoms with van der Waals surface area (Å²) in [7, 11) is 0. The molecule has 0 unspecified atom stereocenters. The summed E-state index contributed by atoms with van der Waals surface area (Å²) in [5.41, 5.74) is 0.757. The normalized spacial score (nSPS) is 12.4. The minimum Gasteiger partial charge on any atom is -0.506 e. The van der Waals surface area contributed by atoms with Crippen LogP contribution in [0.4, 0.5) is 4.79 Å². The first-order chi connectivity index (χ1) is 10.1. The molecule has 5 nitrogen and oxygen atoms in total. The van der Waals surface area contributed by atoms with E-state index in [0.29, 0.717) is 11.9 Å². The number of rotatable bonds is 3. The molecule has 0 bridgehead atoms. The number of aromatic amines is 1. The van der Waals surface area contributed by atoms with E-state index in [2.05, 4.69) is 10.3 Å². The molecule has 22 heavy (non-hydrogen) atoms. The van der Waals surface area contributed by atoms with E-state index < -0.39 is 17.2 Å². The average molecular weight is 304 g/mol. The Kier molecular flexibility index (Phi) is 4.09. The van der Waals surface area contributed by atoms with E-state index in [0.717, 1.165) is 10.9 Å². The van der Waals surface area contributed by atoms with Gasteiger partial charge in [-0.25, -0.2) is 4.79 Å². The third kappa shape index (κ3) is 3.93. The van der Waals surface area contributed by atoms with Crippen LogP contribution in [0.25, 0.3) is 10.9 Å². The van der Waals surface area contributed by atoms with E-state index in [1.165, 1.54) is 0 Å². The molecule has 2 aromatic rings. The Morgan fingerprint density at radius 2 is 1.95 bits per heavy atom. The van der Waals surface area contributed by atoms with Gasteiger partial charge in [0.2, 0.25) is 0 Å². The highest BCUT2D eigenvalue weighted by molar-refractivity contribution is 5.88. The quantitative estimate of drug-likeness (QED) is 0.809. The zero-order valence-corrected chi connectivity index (χ0v) is 13.8. The largest absolute Gasteiger partial charge is 0.506 e. The summed E-state index contributed by atoms with van der Waals surface area (Å²) in [6.45, 7) is 9.39. The smallest absolute Gasteiger partial charge is 0.408 e. The second kappa shape index (κ2) is 5.55. The van der Waals surface area contributed by atoms with Crippen molar-refractivity contribution in [2.75, 3.05) is 0 Å². The van der Waals surface area contributed by atoms with Gasteiger partial charge in [-0.1, -0.05) is 12.1 Å². The van der Waals surface area contributed by atoms with Gasteiger partial charge in [-0.3, -0.25) is 0 Å². The van der Waals surface area contributed by atoms with Crippen molar-refractivity contribution >= 4 is 17.0 Å². The van der Waals surface area contributed by atoms with Gasteiger partial charge >= 0.3 is 6.09 Å². The summed E-state index contributed by atoms with van der Waals surface area (Å²) in [6.07, 6.45) is 2.05. The molecule has 5 heteroatoms. The third-order valence-corrected chi connectivity index (χ3v) is 3.25. The van der Waals surface area contributed by atoms with Crippen molar-refractivity contribution in [3.63, 3.8) is 0 Å². The van der Waals surface area contributed by atoms with Gasteiger partial charge in [0.05, 0.1) is 5.52 Å². The van der Waals surface area contributed by atoms with E-state index in [1.54, 1.807) is 6.07 Å². The van der Waals surface area contributed by atoms with Crippen LogP contribution in [-0.4, -0.2) is 27.3 Å². The number of ether oxygens (including phenoxy) is 1. The first-order valence-corrected chi connectivity index (χ1v) is 7.36. The number of amides is 1. The van der Waals surface area contributed by atoms with Gasteiger partial charge in [-0.2, -0.15) is 0 Å². The van der Waals surface area contributed by atoms with Crippen LogP contribution in [0.15, 0.2) is 24.4 Å². The number of hydrogen-bond acceptors (Lipinski definition) is 3. The molecule has 1 aromatic carbocycles. The zero-order chi connectivity index (χ0) is 16.5. The number of aromatic hydroxyl groups is 1. The molecule has 1 heterocycles. The maximum absolute atomic E-state index is 11.9. The maximum Gasteiger partial charge on any atom is 0.408 e. The predicted octanol–water partition coefficient (Wildman–Crippen LogP) is 3.72. The molecule has 1 amide bonds. The van der Waals surface area contributed by atoms with E-state index >= 15 is 0 Å². The van der Waals surface area contributed by atoms with Crippen LogP contribution in [0.3, 0.4) is 0 Å². The molecule has 0 fully saturated rings. The van der Waals surface area contributed by atoms with Crippen molar-refractivity contribution in [1.82, 2.24) is 10.3 Å². The molecule has 0 atom stereocenters. The van der Waals surface area contributed by atoms with E-state index in [9.17, 15) is 9.90 Å². The summed E-state index contributed by atoms with van der Waals surface area (Å²) in [4.78, 5) is 15.0. The third-order valence-electron chi connectivity index (χ3n) is 3.25. The summed E-state index contributed by atoms with van der Waals surface area (Å²) < 4.78 is 5.30. The number of H-pyrrole nitrogens is 1. The molecule has 2 rings (SSSR count). The number of aromatic nitrogens is 1. The van der Waals surface area contributed by atoms with Crippen molar-refractivity contribution < 1.29 is 14.6 Å². The number of benzene rings is 1. The molecule has 0 spiro atoms. The number of carbonyl (C=O) groups excluding carboxylic acids is 1. The topological polar surface area (TPSA) is 74.4 Å². The Balaban J connectivity index is 2.14. The maximum atomic E-state index is 11.9. The summed E-state index contributed by atoms with van der Waals surface area (Å²) in [6, 6.07) is 5.40. The van der Waals surface area contributed by atoms with Crippen LogP contribution in [0.5, 0.6) is 5.75 Å². The molecule has 3 N–H and O–H groups in total. The van der Waals surface area contributed by atoms with Crippen molar-refractivity contribution in [1.29, 1.82) is 0 Å². The molecular weight excluding hydrogens is 280 g/mol. The van der Waals surface area contributed by atoms with Gasteiger partial charge in [0.1, 0.15) is 11.4 Å². The number of phenolic OH excluding ortho intramolecular Hbond substituents is 1. The first-order valence-electron chi connectivity index (χ1n) is 7.36. The van der Waals surface area contributed by atoms with Crippen molar-refractivity contribution in [2.24, 2.45) is 0 Å². The van der Waals surface area contributed by atoms with Gasteiger partial charge in [0.25, 0.3) is 0 Å². The van der Waals surface area contributed by atoms with Crippen molar-refractivity contribution in [2.45, 2.75) is 52.2 Å². The van der Waals surface area contributed by atoms with Gasteiger partial charge < -0.3 is 20.1 Å². The number of carbonyl (C=O) groups is 1. The standard InChI is InChI=1S/C17H24N2O3/c1-16(2,3)22-15(21)19-17(4,5)9-11-10-18-14-12(11)7-6-8-13(14)20/h6-8,10,18,20H,9H2,1-5H3,(H,19,21). The molecular formula is C17H24N2O3. The lowest BCUT2D eigenvalue weighted by Gasteiger charge is -2.28. The minimum absolute atomic E-state index is 0.224. The Hall–Kier alpha value is -2.17. The number of fused-ring (bicyclic) bond motifs is 1. The minimum atomic E-state index is -0.521. The van der Waals surface area contributed by atoms with Gasteiger partial charge in [-0.15, -0.1) is 0 Å². The lowest BCUT2D eigenvalue weighted by atomic mass is 9.95. The molecule has 1 aromatic heterocycles. The van der Waals surface area contributed by atoms with Crippen LogP contribution in [0, 0.1) is 0 Å². The number of para-hydroxylation sites is 1. The Bertz CT molecular complexity index is 681. The summed E-state index contributed by atoms with van der Waals surface area (Å²) >= 11 is 0. The fourth-order valence-corrected chi connectivity index (χ4v) is 2.44. The summed E-state index contributed by atoms with van der Waals surface area (Å²) in [5, 5.41) is 13.7. The van der Waals surface area contributed by atoms with Crippen molar-refractivity contribution in [3.8, 4) is 5.75 Å². The number of alkyl carbamates (subject to hydrolysis) is 1. The zero-order valence-electron chi connectivity index (χ0n) is 13.8. The monoisotopic (exact) mass is 304 g/mol. The number of nitrogens with one attached hydrogen (secondary N) is 2. The number of phenols is 1. The van der Waals surface area contributed by atoms with Gasteiger partial charge in [-0.05, 0) is 52.7 Å². The molecule has 0 saturated carbocycles. The molecule has 0 saturated heterocycles. The van der Waals surface area contributed by atoms with Gasteiger partial charge in [0.15, 0.2) is 0 Å². The molecule has 0 radical (unpaired) electrons. The van der Waals surface area contributed by atoms with Crippen LogP contribution in [0.1, 0.15) is 40.2 Å². The Morgan fingerprint density at radius 1 is 1.27 bits per heavy atom. The second-order valence-electron chi connectivity index (χ2n) is 7.20. The highest BCUT2D eigenvalue weighted by Gasteiger charge is 2.26. The number of hydrogen-bond donors (Lipinski definition) is 3. The molecule has 0 aliphatic heterocycles. The van der Waals surface area contributed by atoms with Gasteiger partial charge in [0, 0.05) is 17.1 Å². The average Bonchev–Trinajstić information content (AvgIpc) is 2.69. The van der Waals surface area contributed by atoms with E-state index in [1.807, 2.05) is 52.9 Å². The van der Waals surface area contributed by atoms with E-state index in [-0.39, 0.29) is 5.75 Å². The lowest BCUT2D eigenvalue weighted by Crippen LogP contribution is -2.47. The molecule has 0 aliphatic rings. The van der Waals surface area contributed by atoms with Crippen LogP contribution in [-0.2, 0) is 11.2 Å². The molecule has 120 valence electrons. The molecule has 0 aliphatic carbocycles. The lowest BCUT2D eigenvalue weighted by molar-refractivity contribution is 0.0472. The fraction of sp³-hybridized carbons (Fsp3) is 0.471. The van der Waals surface area contributed by atoms with Crippen LogP contribution >= 0.6 is 0 Å². The Labute approximate surface area is 130 Å². The predicted molar refractivity (Wildman–Crippen MR) is 87.1 cm³/mol. The Morgan fingerprint density at radius 3 is 2.59 bits per heavy atom. The first kappa shape index (κ1) is 16.2. The summed E-state index contributed by atoms with van der Waals surface area (Å²) in [5.74, 6) is 0.224. The SMILES string of the molecule is CC(C)(Cc1c[nH]c2c(O)cccc12)NC(=O)OC(C)(C)C. The second-order valence-corrected chi connectivity index (χ2v) is 7.20. The van der Waals surface area contributed by atoms with Crippen molar-refractivity contribution in [3.05, 3.63) is 30.0 Å². The highest BCUT2D eigenvalue weighted by Crippen LogP contribution is 2.28. The fourth-order valence-electron chi connectivity index (χ4n) is 2.44. The van der Waals surface area contributed by atoms with Crippen LogP contribution in [0.2, 0.25) is 0 Å².